The minimum atomic E-state index is -2.18. The summed E-state index contributed by atoms with van der Waals surface area (Å²) in [7, 11) is 0. The highest BCUT2D eigenvalue weighted by Gasteiger charge is 2.49. The van der Waals surface area contributed by atoms with Crippen LogP contribution in [-0.2, 0) is 19.1 Å². The van der Waals surface area contributed by atoms with Crippen LogP contribution >= 0.6 is 0 Å². The Morgan fingerprint density at radius 1 is 1.00 bits per heavy atom. The van der Waals surface area contributed by atoms with Crippen LogP contribution in [0.5, 0.6) is 0 Å². The number of hydrogen-bond donors (Lipinski definition) is 6. The van der Waals surface area contributed by atoms with Gasteiger partial charge in [-0.05, 0) is 0 Å². The summed E-state index contributed by atoms with van der Waals surface area (Å²) in [5.74, 6) is -5.25. The van der Waals surface area contributed by atoms with E-state index in [-0.39, 0.29) is 12.8 Å². The van der Waals surface area contributed by atoms with Gasteiger partial charge in [-0.25, -0.2) is 4.79 Å². The summed E-state index contributed by atoms with van der Waals surface area (Å²) < 4.78 is 4.54. The van der Waals surface area contributed by atoms with E-state index in [1.807, 2.05) is 0 Å². The minimum absolute atomic E-state index is 0.296. The molecule has 0 saturated heterocycles. The Kier molecular flexibility index (Phi) is 10.8. The van der Waals surface area contributed by atoms with Gasteiger partial charge in [-0.15, -0.1) is 0 Å². The van der Waals surface area contributed by atoms with Gasteiger partial charge in [0.2, 0.25) is 5.79 Å². The maximum Gasteiger partial charge on any atom is 0.332 e. The monoisotopic (exact) mass is 338 g/mol. The van der Waals surface area contributed by atoms with Crippen molar-refractivity contribution in [2.45, 2.75) is 25.6 Å². The van der Waals surface area contributed by atoms with Crippen LogP contribution in [0.15, 0.2) is 12.7 Å². The summed E-state index contributed by atoms with van der Waals surface area (Å²) >= 11 is 0. The molecule has 0 aliphatic carbocycles. The third-order valence-corrected chi connectivity index (χ3v) is 2.91. The summed E-state index contributed by atoms with van der Waals surface area (Å²) in [4.78, 5) is 30.2. The Balaban J connectivity index is 0. The number of carboxylic acid groups (broad SMARTS) is 2. The molecule has 0 saturated carbocycles. The highest BCUT2D eigenvalue weighted by Crippen LogP contribution is 2.31. The molecule has 10 heteroatoms. The Morgan fingerprint density at radius 3 is 1.57 bits per heavy atom. The van der Waals surface area contributed by atoms with E-state index in [4.69, 9.17) is 25.5 Å². The summed E-state index contributed by atoms with van der Waals surface area (Å²) in [6.45, 7) is 1.98. The number of aliphatic hydroxyl groups is 4. The average molecular weight is 338 g/mol. The normalized spacial score (nSPS) is 13.1. The van der Waals surface area contributed by atoms with Gasteiger partial charge in [-0.2, -0.15) is 0 Å². The molecule has 0 rings (SSSR count). The van der Waals surface area contributed by atoms with Crippen molar-refractivity contribution in [3.63, 3.8) is 0 Å². The predicted molar refractivity (Wildman–Crippen MR) is 75.1 cm³/mol. The lowest BCUT2D eigenvalue weighted by Gasteiger charge is -2.40. The van der Waals surface area contributed by atoms with E-state index in [0.717, 1.165) is 13.0 Å². The van der Waals surface area contributed by atoms with Gasteiger partial charge >= 0.3 is 17.9 Å². The number of carbonyl (C=O) groups excluding carboxylic acids is 1. The van der Waals surface area contributed by atoms with Crippen LogP contribution in [0.4, 0.5) is 0 Å². The first kappa shape index (κ1) is 23.3. The lowest BCUT2D eigenvalue weighted by atomic mass is 9.82. The van der Waals surface area contributed by atoms with E-state index in [9.17, 15) is 19.5 Å². The van der Waals surface area contributed by atoms with Gasteiger partial charge in [0.1, 0.15) is 5.41 Å². The molecule has 0 heterocycles. The van der Waals surface area contributed by atoms with E-state index in [1.54, 1.807) is 0 Å². The zero-order valence-electron chi connectivity index (χ0n) is 12.6. The first-order valence-electron chi connectivity index (χ1n) is 6.35. The van der Waals surface area contributed by atoms with Crippen LogP contribution in [-0.4, -0.2) is 74.2 Å². The molecular weight excluding hydrogens is 316 g/mol. The second-order valence-corrected chi connectivity index (χ2v) is 4.65. The van der Waals surface area contributed by atoms with E-state index in [1.165, 1.54) is 0 Å². The molecule has 1 atom stereocenters. The highest BCUT2D eigenvalue weighted by molar-refractivity contribution is 5.81. The molecule has 0 aromatic carbocycles. The van der Waals surface area contributed by atoms with E-state index in [2.05, 4.69) is 11.3 Å². The predicted octanol–water partition coefficient (Wildman–Crippen LogP) is -1.68. The SMILES string of the molecule is C=CC(=O)OC(C)(O)C(CO)(CO)CO.O=C(O)CCC(=O)O. The number of hydrogen-bond acceptors (Lipinski definition) is 8. The summed E-state index contributed by atoms with van der Waals surface area (Å²) in [5.41, 5.74) is -1.72. The molecule has 1 unspecified atom stereocenters. The molecule has 0 aliphatic rings. The van der Waals surface area contributed by atoms with Gasteiger partial charge in [-0.3, -0.25) is 9.59 Å². The van der Waals surface area contributed by atoms with Crippen molar-refractivity contribution in [2.24, 2.45) is 5.41 Å². The number of aliphatic hydroxyl groups excluding tert-OH is 3. The second kappa shape index (κ2) is 10.7. The maximum atomic E-state index is 10.9. The minimum Gasteiger partial charge on any atom is -0.481 e. The fraction of sp³-hybridized carbons (Fsp3) is 0.615. The number of esters is 1. The van der Waals surface area contributed by atoms with Gasteiger partial charge in [0.05, 0.1) is 32.7 Å². The van der Waals surface area contributed by atoms with Crippen LogP contribution in [0.3, 0.4) is 0 Å². The third-order valence-electron chi connectivity index (χ3n) is 2.91. The molecular formula is C13H22O10. The Hall–Kier alpha value is -2.01. The van der Waals surface area contributed by atoms with Gasteiger partial charge in [0, 0.05) is 13.0 Å². The van der Waals surface area contributed by atoms with Crippen molar-refractivity contribution in [3.8, 4) is 0 Å². The second-order valence-electron chi connectivity index (χ2n) is 4.65. The standard InChI is InChI=1S/C9H16O6.C4H6O4/c1-3-7(13)15-8(2,14)9(4-10,5-11)6-12;5-3(6)1-2-4(7)8/h3,10-12,14H,1,4-6H2,2H3;1-2H2,(H,5,6)(H,7,8). The number of carboxylic acids is 2. The molecule has 0 aromatic heterocycles. The Morgan fingerprint density at radius 2 is 1.35 bits per heavy atom. The molecule has 6 N–H and O–H groups in total. The first-order valence-corrected chi connectivity index (χ1v) is 6.35. The molecule has 0 fully saturated rings. The zero-order chi connectivity index (χ0) is 18.7. The maximum absolute atomic E-state index is 10.9. The summed E-state index contributed by atoms with van der Waals surface area (Å²) in [6.07, 6.45) is 0.232. The van der Waals surface area contributed by atoms with Crippen molar-refractivity contribution in [3.05, 3.63) is 12.7 Å². The number of aliphatic carboxylic acids is 2. The number of rotatable bonds is 9. The van der Waals surface area contributed by atoms with Crippen molar-refractivity contribution in [1.82, 2.24) is 0 Å². The largest absolute Gasteiger partial charge is 0.481 e. The molecule has 134 valence electrons. The van der Waals surface area contributed by atoms with Gasteiger partial charge in [0.15, 0.2) is 0 Å². The van der Waals surface area contributed by atoms with E-state index in [0.29, 0.717) is 0 Å². The van der Waals surface area contributed by atoms with Crippen LogP contribution in [0.2, 0.25) is 0 Å². The van der Waals surface area contributed by atoms with Gasteiger partial charge < -0.3 is 35.4 Å². The molecule has 0 aromatic rings. The topological polar surface area (TPSA) is 182 Å². The van der Waals surface area contributed by atoms with Crippen molar-refractivity contribution in [1.29, 1.82) is 0 Å². The summed E-state index contributed by atoms with van der Waals surface area (Å²) in [5, 5.41) is 52.6. The molecule has 23 heavy (non-hydrogen) atoms. The lowest BCUT2D eigenvalue weighted by molar-refractivity contribution is -0.272. The molecule has 0 spiro atoms. The molecule has 0 aliphatic heterocycles. The van der Waals surface area contributed by atoms with E-state index < -0.39 is 48.9 Å². The molecule has 10 nitrogen and oxygen atoms in total. The van der Waals surface area contributed by atoms with Crippen LogP contribution in [0, 0.1) is 5.41 Å². The number of carbonyl (C=O) groups is 3. The van der Waals surface area contributed by atoms with Gasteiger partial charge in [0.25, 0.3) is 0 Å². The number of ether oxygens (including phenoxy) is 1. The molecule has 0 radical (unpaired) electrons. The summed E-state index contributed by atoms with van der Waals surface area (Å²) in [6, 6.07) is 0. The van der Waals surface area contributed by atoms with Crippen LogP contribution < -0.4 is 0 Å². The fourth-order valence-corrected chi connectivity index (χ4v) is 1.15. The highest BCUT2D eigenvalue weighted by atomic mass is 16.7. The first-order chi connectivity index (χ1) is 10.5. The quantitative estimate of drug-likeness (QED) is 0.161. The van der Waals surface area contributed by atoms with Crippen molar-refractivity contribution in [2.75, 3.05) is 19.8 Å². The third kappa shape index (κ3) is 8.26. The van der Waals surface area contributed by atoms with E-state index >= 15 is 0 Å². The average Bonchev–Trinajstić information content (AvgIpc) is 2.47. The van der Waals surface area contributed by atoms with Crippen molar-refractivity contribution < 1.29 is 49.8 Å². The fourth-order valence-electron chi connectivity index (χ4n) is 1.15. The lowest BCUT2D eigenvalue weighted by Crippen LogP contribution is -2.56. The smallest absolute Gasteiger partial charge is 0.332 e. The molecule has 0 bridgehead atoms. The molecule has 0 amide bonds. The zero-order valence-corrected chi connectivity index (χ0v) is 12.6. The Bertz CT molecular complexity index is 389. The van der Waals surface area contributed by atoms with Gasteiger partial charge in [-0.1, -0.05) is 6.58 Å². The van der Waals surface area contributed by atoms with Crippen LogP contribution in [0.25, 0.3) is 0 Å². The van der Waals surface area contributed by atoms with Crippen LogP contribution in [0.1, 0.15) is 19.8 Å². The Labute approximate surface area is 132 Å². The van der Waals surface area contributed by atoms with Crippen molar-refractivity contribution >= 4 is 17.9 Å².